The van der Waals surface area contributed by atoms with Gasteiger partial charge in [-0.15, -0.1) is 0 Å². The first-order chi connectivity index (χ1) is 7.70. The second-order valence-electron chi connectivity index (χ2n) is 4.44. The highest BCUT2D eigenvalue weighted by Crippen LogP contribution is 2.21. The van der Waals surface area contributed by atoms with E-state index in [4.69, 9.17) is 5.73 Å². The molecule has 0 saturated carbocycles. The summed E-state index contributed by atoms with van der Waals surface area (Å²) in [4.78, 5) is 14.0. The van der Waals surface area contributed by atoms with Crippen molar-refractivity contribution in [2.45, 2.75) is 19.8 Å². The van der Waals surface area contributed by atoms with Gasteiger partial charge in [0.15, 0.2) is 0 Å². The minimum absolute atomic E-state index is 0.135. The molecule has 1 aliphatic heterocycles. The third kappa shape index (κ3) is 2.18. The van der Waals surface area contributed by atoms with Crippen molar-refractivity contribution < 1.29 is 4.79 Å². The van der Waals surface area contributed by atoms with Gasteiger partial charge in [0, 0.05) is 24.3 Å². The van der Waals surface area contributed by atoms with Crippen LogP contribution < -0.4 is 5.73 Å². The van der Waals surface area contributed by atoms with Gasteiger partial charge in [0.25, 0.3) is 5.91 Å². The van der Waals surface area contributed by atoms with Crippen LogP contribution in [0.1, 0.15) is 30.1 Å². The molecule has 1 heterocycles. The molecule has 3 heteroatoms. The lowest BCUT2D eigenvalue weighted by Gasteiger charge is -2.16. The number of anilines is 1. The predicted octanol–water partition coefficient (Wildman–Crippen LogP) is 2.14. The predicted molar refractivity (Wildman–Crippen MR) is 65.2 cm³/mol. The van der Waals surface area contributed by atoms with E-state index >= 15 is 0 Å². The lowest BCUT2D eigenvalue weighted by Crippen LogP contribution is -2.28. The van der Waals surface area contributed by atoms with Crippen LogP contribution in [0.25, 0.3) is 0 Å². The molecule has 1 amide bonds. The van der Waals surface area contributed by atoms with Gasteiger partial charge in [0.2, 0.25) is 0 Å². The average molecular weight is 218 g/mol. The summed E-state index contributed by atoms with van der Waals surface area (Å²) in [6.45, 7) is 3.98. The van der Waals surface area contributed by atoms with Gasteiger partial charge >= 0.3 is 0 Å². The molecule has 0 unspecified atom stereocenters. The molecular formula is C13H18N2O. The standard InChI is InChI=1S/C13H18N2O/c1-2-10-7-8-15(9-10)13(16)11-3-5-12(14)6-4-11/h3-6,10H,2,7-9,14H2,1H3/t10-/m0/s1. The summed E-state index contributed by atoms with van der Waals surface area (Å²) < 4.78 is 0. The summed E-state index contributed by atoms with van der Waals surface area (Å²) >= 11 is 0. The molecule has 0 radical (unpaired) electrons. The Morgan fingerprint density at radius 1 is 1.44 bits per heavy atom. The Morgan fingerprint density at radius 3 is 2.69 bits per heavy atom. The van der Waals surface area contributed by atoms with E-state index in [0.717, 1.165) is 31.5 Å². The molecule has 1 aromatic carbocycles. The van der Waals surface area contributed by atoms with Crippen molar-refractivity contribution in [2.24, 2.45) is 5.92 Å². The van der Waals surface area contributed by atoms with Gasteiger partial charge in [0.05, 0.1) is 0 Å². The van der Waals surface area contributed by atoms with E-state index in [-0.39, 0.29) is 5.91 Å². The normalized spacial score (nSPS) is 20.1. The zero-order valence-corrected chi connectivity index (χ0v) is 9.65. The fourth-order valence-electron chi connectivity index (χ4n) is 2.16. The van der Waals surface area contributed by atoms with Gasteiger partial charge in [0.1, 0.15) is 0 Å². The molecule has 1 atom stereocenters. The first-order valence-corrected chi connectivity index (χ1v) is 5.85. The minimum Gasteiger partial charge on any atom is -0.399 e. The maximum atomic E-state index is 12.1. The number of amides is 1. The molecule has 2 rings (SSSR count). The van der Waals surface area contributed by atoms with E-state index in [9.17, 15) is 4.79 Å². The average Bonchev–Trinajstić information content (AvgIpc) is 2.77. The summed E-state index contributed by atoms with van der Waals surface area (Å²) in [6.07, 6.45) is 2.29. The van der Waals surface area contributed by atoms with Gasteiger partial charge < -0.3 is 10.6 Å². The molecule has 3 nitrogen and oxygen atoms in total. The second kappa shape index (κ2) is 4.56. The molecule has 1 fully saturated rings. The van der Waals surface area contributed by atoms with Crippen molar-refractivity contribution in [2.75, 3.05) is 18.8 Å². The quantitative estimate of drug-likeness (QED) is 0.773. The molecule has 0 spiro atoms. The van der Waals surface area contributed by atoms with Gasteiger partial charge in [-0.2, -0.15) is 0 Å². The number of likely N-dealkylation sites (tertiary alicyclic amines) is 1. The number of hydrogen-bond acceptors (Lipinski definition) is 2. The van der Waals surface area contributed by atoms with Crippen LogP contribution in [0.2, 0.25) is 0 Å². The van der Waals surface area contributed by atoms with Gasteiger partial charge in [-0.25, -0.2) is 0 Å². The van der Waals surface area contributed by atoms with E-state index in [0.29, 0.717) is 11.6 Å². The first kappa shape index (κ1) is 11.0. The Hall–Kier alpha value is -1.51. The molecular weight excluding hydrogens is 200 g/mol. The highest BCUT2D eigenvalue weighted by molar-refractivity contribution is 5.94. The summed E-state index contributed by atoms with van der Waals surface area (Å²) in [5.41, 5.74) is 7.04. The third-order valence-electron chi connectivity index (χ3n) is 3.31. The van der Waals surface area contributed by atoms with Crippen molar-refractivity contribution >= 4 is 11.6 Å². The van der Waals surface area contributed by atoms with Crippen molar-refractivity contribution in [1.82, 2.24) is 4.90 Å². The monoisotopic (exact) mass is 218 g/mol. The van der Waals surface area contributed by atoms with Gasteiger partial charge in [-0.05, 0) is 36.6 Å². The van der Waals surface area contributed by atoms with Gasteiger partial charge in [-0.3, -0.25) is 4.79 Å². The first-order valence-electron chi connectivity index (χ1n) is 5.85. The molecule has 0 aliphatic carbocycles. The zero-order chi connectivity index (χ0) is 11.5. The Balaban J connectivity index is 2.05. The molecule has 86 valence electrons. The molecule has 2 N–H and O–H groups in total. The van der Waals surface area contributed by atoms with Crippen LogP contribution in [0.15, 0.2) is 24.3 Å². The SMILES string of the molecule is CC[C@H]1CCN(C(=O)c2ccc(N)cc2)C1. The molecule has 1 saturated heterocycles. The van der Waals surface area contributed by atoms with Crippen molar-refractivity contribution in [3.05, 3.63) is 29.8 Å². The lowest BCUT2D eigenvalue weighted by molar-refractivity contribution is 0.0787. The van der Waals surface area contributed by atoms with E-state index in [1.807, 2.05) is 4.90 Å². The highest BCUT2D eigenvalue weighted by Gasteiger charge is 2.25. The molecule has 16 heavy (non-hydrogen) atoms. The number of rotatable bonds is 2. The van der Waals surface area contributed by atoms with E-state index in [1.54, 1.807) is 24.3 Å². The smallest absolute Gasteiger partial charge is 0.253 e. The number of hydrogen-bond donors (Lipinski definition) is 1. The third-order valence-corrected chi connectivity index (χ3v) is 3.31. The van der Waals surface area contributed by atoms with Gasteiger partial charge in [-0.1, -0.05) is 13.3 Å². The van der Waals surface area contributed by atoms with E-state index in [2.05, 4.69) is 6.92 Å². The summed E-state index contributed by atoms with van der Waals surface area (Å²) in [5.74, 6) is 0.814. The summed E-state index contributed by atoms with van der Waals surface area (Å²) in [5, 5.41) is 0. The molecule has 1 aromatic rings. The van der Waals surface area contributed by atoms with Crippen LogP contribution >= 0.6 is 0 Å². The Kier molecular flexibility index (Phi) is 3.13. The van der Waals surface area contributed by atoms with Crippen molar-refractivity contribution in [1.29, 1.82) is 0 Å². The zero-order valence-electron chi connectivity index (χ0n) is 9.65. The van der Waals surface area contributed by atoms with Crippen LogP contribution in [0.4, 0.5) is 5.69 Å². The van der Waals surface area contributed by atoms with Crippen molar-refractivity contribution in [3.8, 4) is 0 Å². The Morgan fingerprint density at radius 2 is 2.12 bits per heavy atom. The fourth-order valence-corrected chi connectivity index (χ4v) is 2.16. The largest absolute Gasteiger partial charge is 0.399 e. The van der Waals surface area contributed by atoms with Crippen LogP contribution in [-0.4, -0.2) is 23.9 Å². The topological polar surface area (TPSA) is 46.3 Å². The number of nitrogens with two attached hydrogens (primary N) is 1. The molecule has 0 bridgehead atoms. The minimum atomic E-state index is 0.135. The fraction of sp³-hybridized carbons (Fsp3) is 0.462. The van der Waals surface area contributed by atoms with Crippen LogP contribution in [-0.2, 0) is 0 Å². The van der Waals surface area contributed by atoms with Crippen LogP contribution in [0, 0.1) is 5.92 Å². The van der Waals surface area contributed by atoms with Crippen LogP contribution in [0.5, 0.6) is 0 Å². The van der Waals surface area contributed by atoms with Crippen LogP contribution in [0.3, 0.4) is 0 Å². The molecule has 0 aromatic heterocycles. The number of nitrogens with zero attached hydrogens (tertiary/aromatic N) is 1. The van der Waals surface area contributed by atoms with E-state index < -0.39 is 0 Å². The number of nitrogen functional groups attached to an aromatic ring is 1. The van der Waals surface area contributed by atoms with E-state index in [1.165, 1.54) is 0 Å². The second-order valence-corrected chi connectivity index (χ2v) is 4.44. The lowest BCUT2D eigenvalue weighted by atomic mass is 10.1. The van der Waals surface area contributed by atoms with Crippen molar-refractivity contribution in [3.63, 3.8) is 0 Å². The number of carbonyl (C=O) groups is 1. The number of carbonyl (C=O) groups excluding carboxylic acids is 1. The Labute approximate surface area is 96.2 Å². The maximum absolute atomic E-state index is 12.1. The Bertz CT molecular complexity index is 372. The maximum Gasteiger partial charge on any atom is 0.253 e. The molecule has 1 aliphatic rings. The summed E-state index contributed by atoms with van der Waals surface area (Å²) in [7, 11) is 0. The highest BCUT2D eigenvalue weighted by atomic mass is 16.2. The number of benzene rings is 1. The summed E-state index contributed by atoms with van der Waals surface area (Å²) in [6, 6.07) is 7.16.